The molecule has 1 aromatic rings. The largest absolute Gasteiger partial charge is 0.427 e. The van der Waals surface area contributed by atoms with E-state index in [1.807, 2.05) is 30.3 Å². The molecular weight excluding hydrogens is 250 g/mol. The lowest BCUT2D eigenvalue weighted by Gasteiger charge is -2.26. The molecule has 0 aliphatic carbocycles. The molecule has 0 saturated carbocycles. The Morgan fingerprint density at radius 2 is 1.80 bits per heavy atom. The fraction of sp³-hybridized carbons (Fsp3) is 0.588. The lowest BCUT2D eigenvalue weighted by atomic mass is 9.92. The van der Waals surface area contributed by atoms with Crippen LogP contribution < -0.4 is 4.74 Å². The molecule has 0 spiro atoms. The number of hydrogen-bond donors (Lipinski definition) is 0. The standard InChI is InChI=1S/C17H27NO2/c1-5-14(12-15(6-2)18(3)4)13-17(19)20-16-10-8-7-9-11-16/h7-11,14-15H,5-6,12-13H2,1-4H3. The van der Waals surface area contributed by atoms with Gasteiger partial charge in [-0.05, 0) is 45.0 Å². The highest BCUT2D eigenvalue weighted by Crippen LogP contribution is 2.21. The maximum absolute atomic E-state index is 12.0. The van der Waals surface area contributed by atoms with Crippen LogP contribution in [0.5, 0.6) is 5.75 Å². The number of carbonyl (C=O) groups is 1. The third kappa shape index (κ3) is 5.74. The molecule has 1 rings (SSSR count). The van der Waals surface area contributed by atoms with Crippen LogP contribution in [0.1, 0.15) is 39.5 Å². The number of benzene rings is 1. The molecular formula is C17H27NO2. The minimum absolute atomic E-state index is 0.128. The van der Waals surface area contributed by atoms with Gasteiger partial charge in [-0.25, -0.2) is 0 Å². The van der Waals surface area contributed by atoms with E-state index in [1.165, 1.54) is 0 Å². The number of hydrogen-bond acceptors (Lipinski definition) is 3. The van der Waals surface area contributed by atoms with Crippen LogP contribution in [0.3, 0.4) is 0 Å². The van der Waals surface area contributed by atoms with E-state index >= 15 is 0 Å². The van der Waals surface area contributed by atoms with Crippen molar-refractivity contribution in [2.24, 2.45) is 5.92 Å². The quantitative estimate of drug-likeness (QED) is 0.535. The molecule has 0 bridgehead atoms. The Morgan fingerprint density at radius 1 is 1.15 bits per heavy atom. The molecule has 20 heavy (non-hydrogen) atoms. The molecule has 0 N–H and O–H groups in total. The van der Waals surface area contributed by atoms with Gasteiger partial charge in [0, 0.05) is 12.5 Å². The van der Waals surface area contributed by atoms with Gasteiger partial charge in [0.1, 0.15) is 5.75 Å². The van der Waals surface area contributed by atoms with E-state index < -0.39 is 0 Å². The van der Waals surface area contributed by atoms with Crippen molar-refractivity contribution < 1.29 is 9.53 Å². The molecule has 0 saturated heterocycles. The normalized spacial score (nSPS) is 14.1. The van der Waals surface area contributed by atoms with E-state index in [0.717, 1.165) is 19.3 Å². The third-order valence-electron chi connectivity index (χ3n) is 3.81. The smallest absolute Gasteiger partial charge is 0.311 e. The van der Waals surface area contributed by atoms with Gasteiger partial charge < -0.3 is 9.64 Å². The zero-order valence-electron chi connectivity index (χ0n) is 13.1. The van der Waals surface area contributed by atoms with Crippen molar-refractivity contribution in [1.82, 2.24) is 4.90 Å². The summed E-state index contributed by atoms with van der Waals surface area (Å²) in [6, 6.07) is 9.82. The van der Waals surface area contributed by atoms with Gasteiger partial charge in [-0.2, -0.15) is 0 Å². The summed E-state index contributed by atoms with van der Waals surface area (Å²) < 4.78 is 5.37. The first-order valence-electron chi connectivity index (χ1n) is 7.48. The first-order chi connectivity index (χ1) is 9.56. The Bertz CT molecular complexity index is 389. The fourth-order valence-electron chi connectivity index (χ4n) is 2.42. The number of nitrogens with zero attached hydrogens (tertiary/aromatic N) is 1. The van der Waals surface area contributed by atoms with Crippen molar-refractivity contribution in [1.29, 1.82) is 0 Å². The van der Waals surface area contributed by atoms with Crippen LogP contribution in [0, 0.1) is 5.92 Å². The van der Waals surface area contributed by atoms with E-state index in [0.29, 0.717) is 24.1 Å². The van der Waals surface area contributed by atoms with E-state index in [-0.39, 0.29) is 5.97 Å². The monoisotopic (exact) mass is 277 g/mol. The van der Waals surface area contributed by atoms with Crippen molar-refractivity contribution in [2.75, 3.05) is 14.1 Å². The lowest BCUT2D eigenvalue weighted by molar-refractivity contribution is -0.135. The average Bonchev–Trinajstić information content (AvgIpc) is 2.43. The molecule has 3 heteroatoms. The lowest BCUT2D eigenvalue weighted by Crippen LogP contribution is -2.30. The number of esters is 1. The predicted octanol–water partition coefficient (Wildman–Crippen LogP) is 3.74. The number of rotatable bonds is 8. The first kappa shape index (κ1) is 16.7. The molecule has 0 radical (unpaired) electrons. The molecule has 0 heterocycles. The molecule has 2 unspecified atom stereocenters. The van der Waals surface area contributed by atoms with E-state index in [1.54, 1.807) is 0 Å². The van der Waals surface area contributed by atoms with Crippen molar-refractivity contribution >= 4 is 5.97 Å². The highest BCUT2D eigenvalue weighted by Gasteiger charge is 2.19. The maximum atomic E-state index is 12.0. The minimum atomic E-state index is -0.128. The number of ether oxygens (including phenoxy) is 1. The Labute approximate surface area is 122 Å². The Kier molecular flexibility index (Phi) is 7.31. The first-order valence-corrected chi connectivity index (χ1v) is 7.48. The van der Waals surface area contributed by atoms with Gasteiger partial charge in [0.25, 0.3) is 0 Å². The van der Waals surface area contributed by atoms with Gasteiger partial charge in [0.2, 0.25) is 0 Å². The van der Waals surface area contributed by atoms with Crippen molar-refractivity contribution in [3.05, 3.63) is 30.3 Å². The van der Waals surface area contributed by atoms with E-state index in [9.17, 15) is 4.79 Å². The summed E-state index contributed by atoms with van der Waals surface area (Å²) in [6.07, 6.45) is 3.66. The van der Waals surface area contributed by atoms with Gasteiger partial charge in [-0.15, -0.1) is 0 Å². The molecule has 0 amide bonds. The fourth-order valence-corrected chi connectivity index (χ4v) is 2.42. The average molecular weight is 277 g/mol. The number of carbonyl (C=O) groups excluding carboxylic acids is 1. The van der Waals surface area contributed by atoms with Crippen LogP contribution in [0.25, 0.3) is 0 Å². The van der Waals surface area contributed by atoms with Crippen LogP contribution in [0.4, 0.5) is 0 Å². The van der Waals surface area contributed by atoms with Crippen molar-refractivity contribution in [2.45, 2.75) is 45.6 Å². The SMILES string of the molecule is CCC(CC(=O)Oc1ccccc1)CC(CC)N(C)C. The summed E-state index contributed by atoms with van der Waals surface area (Å²) in [7, 11) is 4.20. The molecule has 1 aromatic carbocycles. The summed E-state index contributed by atoms with van der Waals surface area (Å²) in [6.45, 7) is 4.34. The summed E-state index contributed by atoms with van der Waals surface area (Å²) in [5.74, 6) is 0.891. The summed E-state index contributed by atoms with van der Waals surface area (Å²) in [4.78, 5) is 14.2. The molecule has 3 nitrogen and oxygen atoms in total. The second-order valence-corrected chi connectivity index (χ2v) is 5.53. The van der Waals surface area contributed by atoms with Gasteiger partial charge in [-0.1, -0.05) is 38.5 Å². The zero-order chi connectivity index (χ0) is 15.0. The van der Waals surface area contributed by atoms with Gasteiger partial charge in [-0.3, -0.25) is 4.79 Å². The van der Waals surface area contributed by atoms with Gasteiger partial charge >= 0.3 is 5.97 Å². The highest BCUT2D eigenvalue weighted by atomic mass is 16.5. The van der Waals surface area contributed by atoms with Gasteiger partial charge in [0.05, 0.1) is 0 Å². The zero-order valence-corrected chi connectivity index (χ0v) is 13.1. The summed E-state index contributed by atoms with van der Waals surface area (Å²) in [5, 5.41) is 0. The topological polar surface area (TPSA) is 29.5 Å². The second kappa shape index (κ2) is 8.75. The van der Waals surface area contributed by atoms with E-state index in [4.69, 9.17) is 4.74 Å². The third-order valence-corrected chi connectivity index (χ3v) is 3.81. The summed E-state index contributed by atoms with van der Waals surface area (Å²) >= 11 is 0. The second-order valence-electron chi connectivity index (χ2n) is 5.53. The molecule has 0 aliphatic rings. The Balaban J connectivity index is 2.49. The Hall–Kier alpha value is -1.35. The summed E-state index contributed by atoms with van der Waals surface area (Å²) in [5.41, 5.74) is 0. The van der Waals surface area contributed by atoms with Crippen molar-refractivity contribution in [3.8, 4) is 5.75 Å². The maximum Gasteiger partial charge on any atom is 0.311 e. The van der Waals surface area contributed by atoms with E-state index in [2.05, 4.69) is 32.8 Å². The predicted molar refractivity (Wildman–Crippen MR) is 82.9 cm³/mol. The number of para-hydroxylation sites is 1. The molecule has 112 valence electrons. The molecule has 0 aliphatic heterocycles. The molecule has 2 atom stereocenters. The van der Waals surface area contributed by atoms with Crippen LogP contribution >= 0.6 is 0 Å². The molecule has 0 fully saturated rings. The van der Waals surface area contributed by atoms with Crippen molar-refractivity contribution in [3.63, 3.8) is 0 Å². The minimum Gasteiger partial charge on any atom is -0.427 e. The highest BCUT2D eigenvalue weighted by molar-refractivity contribution is 5.72. The van der Waals surface area contributed by atoms with Crippen LogP contribution in [-0.2, 0) is 4.79 Å². The van der Waals surface area contributed by atoms with Gasteiger partial charge in [0.15, 0.2) is 0 Å². The molecule has 0 aromatic heterocycles. The van der Waals surface area contributed by atoms with Crippen LogP contribution in [-0.4, -0.2) is 31.0 Å². The Morgan fingerprint density at radius 3 is 2.30 bits per heavy atom. The van der Waals surface area contributed by atoms with Crippen LogP contribution in [0.2, 0.25) is 0 Å². The van der Waals surface area contributed by atoms with Crippen LogP contribution in [0.15, 0.2) is 30.3 Å².